The summed E-state index contributed by atoms with van der Waals surface area (Å²) >= 11 is 1.06. The number of anilines is 4. The van der Waals surface area contributed by atoms with Crippen LogP contribution in [0.2, 0.25) is 0 Å². The average Bonchev–Trinajstić information content (AvgIpc) is 3.52. The number of nitrogens with one attached hydrogen (secondary N) is 3. The van der Waals surface area contributed by atoms with E-state index < -0.39 is 41.8 Å². The van der Waals surface area contributed by atoms with Crippen LogP contribution in [0, 0.1) is 11.6 Å². The van der Waals surface area contributed by atoms with Gasteiger partial charge in [-0.15, -0.1) is 31.7 Å². The summed E-state index contributed by atoms with van der Waals surface area (Å²) < 4.78 is 45.7. The van der Waals surface area contributed by atoms with E-state index in [1.165, 1.54) is 38.5 Å². The minimum atomic E-state index is -0.908. The van der Waals surface area contributed by atoms with E-state index in [1.807, 2.05) is 4.90 Å². The Labute approximate surface area is 313 Å². The summed E-state index contributed by atoms with van der Waals surface area (Å²) in [5, 5.41) is 23.8. The number of nitrogens with zero attached hydrogens (tertiary/aromatic N) is 6. The molecule has 0 atom stereocenters. The molecule has 2 aromatic carbocycles. The molecule has 54 heavy (non-hydrogen) atoms. The first-order valence-corrected chi connectivity index (χ1v) is 17.3. The summed E-state index contributed by atoms with van der Waals surface area (Å²) in [6, 6.07) is 15.7. The van der Waals surface area contributed by atoms with Gasteiger partial charge in [0.05, 0.1) is 32.9 Å². The zero-order valence-corrected chi connectivity index (χ0v) is 30.8. The lowest BCUT2D eigenvalue weighted by molar-refractivity contribution is 0.102. The monoisotopic (exact) mass is 761 g/mol. The Hall–Kier alpha value is -6.27. The first-order chi connectivity index (χ1) is 26.0. The third kappa shape index (κ3) is 9.58. The Morgan fingerprint density at radius 2 is 1.37 bits per heavy atom. The molecule has 0 aliphatic rings. The minimum Gasteiger partial charge on any atom is -0.480 e. The van der Waals surface area contributed by atoms with Crippen LogP contribution >= 0.6 is 11.3 Å². The van der Waals surface area contributed by atoms with Gasteiger partial charge >= 0.3 is 12.1 Å². The van der Waals surface area contributed by atoms with E-state index in [0.29, 0.717) is 28.1 Å². The Kier molecular flexibility index (Phi) is 13.0. The van der Waals surface area contributed by atoms with Gasteiger partial charge in [-0.05, 0) is 68.0 Å². The van der Waals surface area contributed by atoms with Crippen LogP contribution in [-0.2, 0) is 17.8 Å². The molecule has 0 spiro atoms. The third-order valence-electron chi connectivity index (χ3n) is 7.55. The van der Waals surface area contributed by atoms with E-state index in [-0.39, 0.29) is 47.1 Å². The summed E-state index contributed by atoms with van der Waals surface area (Å²) in [6.07, 6.45) is -0.431. The molecule has 5 aromatic rings. The number of benzene rings is 2. The predicted molar refractivity (Wildman–Crippen MR) is 199 cm³/mol. The van der Waals surface area contributed by atoms with Gasteiger partial charge < -0.3 is 29.7 Å². The van der Waals surface area contributed by atoms with E-state index in [2.05, 4.69) is 36.3 Å². The molecule has 3 aromatic heterocycles. The van der Waals surface area contributed by atoms with Crippen molar-refractivity contribution in [2.45, 2.75) is 26.4 Å². The molecule has 18 heteroatoms. The Balaban J connectivity index is 1.58. The van der Waals surface area contributed by atoms with Crippen molar-refractivity contribution in [3.63, 3.8) is 0 Å². The number of thiophene rings is 1. The number of hydrogen-bond acceptors (Lipinski definition) is 12. The van der Waals surface area contributed by atoms with Gasteiger partial charge in [-0.3, -0.25) is 15.0 Å². The van der Waals surface area contributed by atoms with Crippen LogP contribution < -0.4 is 30.3 Å². The molecule has 0 aliphatic carbocycles. The number of methoxy groups -OCH3 is 2. The standard InChI is InChI=1S/C36H37F2N9O6S/c1-6-18-53-36(50)47(20-23-25(37)8-7-9-26(23)38)34-31(33(48)40-27-14-16-29(51-4)44-42-27)24(19-46(2)3)32(54-34)21-10-12-22(13-11-21)39-35(49)41-28-15-17-30(52-5)45-43-28/h7-17H,6,18-20H2,1-5H3,(H,40,42,48)(H2,39,41,43,49). The summed E-state index contributed by atoms with van der Waals surface area (Å²) in [4.78, 5) is 44.2. The van der Waals surface area contributed by atoms with E-state index in [4.69, 9.17) is 14.2 Å². The van der Waals surface area contributed by atoms with Crippen molar-refractivity contribution >= 4 is 51.7 Å². The second-order valence-corrected chi connectivity index (χ2v) is 12.8. The molecule has 0 fully saturated rings. The molecule has 0 saturated carbocycles. The molecule has 4 amide bonds. The maximum absolute atomic E-state index is 15.1. The minimum absolute atomic E-state index is 0.0217. The third-order valence-corrected chi connectivity index (χ3v) is 8.85. The Bertz CT molecular complexity index is 2060. The fourth-order valence-electron chi connectivity index (χ4n) is 5.06. The number of carbonyl (C=O) groups excluding carboxylic acids is 3. The smallest absolute Gasteiger partial charge is 0.415 e. The van der Waals surface area contributed by atoms with E-state index in [1.54, 1.807) is 51.4 Å². The quantitative estimate of drug-likeness (QED) is 0.109. The van der Waals surface area contributed by atoms with Crippen molar-refractivity contribution in [2.24, 2.45) is 0 Å². The fraction of sp³-hybridized carbons (Fsp3) is 0.250. The topological polar surface area (TPSA) is 173 Å². The van der Waals surface area contributed by atoms with Crippen LogP contribution in [0.4, 0.5) is 40.7 Å². The molecule has 15 nitrogen and oxygen atoms in total. The molecule has 5 rings (SSSR count). The van der Waals surface area contributed by atoms with Gasteiger partial charge in [0.1, 0.15) is 16.6 Å². The normalized spacial score (nSPS) is 10.8. The average molecular weight is 762 g/mol. The van der Waals surface area contributed by atoms with Crippen LogP contribution in [0.5, 0.6) is 11.8 Å². The zero-order chi connectivity index (χ0) is 38.8. The molecule has 0 saturated heterocycles. The van der Waals surface area contributed by atoms with Gasteiger partial charge in [0.15, 0.2) is 11.6 Å². The van der Waals surface area contributed by atoms with Crippen molar-refractivity contribution in [3.8, 4) is 22.2 Å². The maximum Gasteiger partial charge on any atom is 0.415 e. The molecular formula is C36H37F2N9O6S. The molecule has 0 radical (unpaired) electrons. The van der Waals surface area contributed by atoms with Gasteiger partial charge in [0.2, 0.25) is 11.8 Å². The number of hydrogen-bond donors (Lipinski definition) is 3. The largest absolute Gasteiger partial charge is 0.480 e. The molecule has 0 aliphatic heterocycles. The summed E-state index contributed by atoms with van der Waals surface area (Å²) in [5.41, 5.74) is 1.20. The first-order valence-electron chi connectivity index (χ1n) is 16.4. The zero-order valence-electron chi connectivity index (χ0n) is 30.0. The van der Waals surface area contributed by atoms with Crippen molar-refractivity contribution in [1.29, 1.82) is 0 Å². The number of urea groups is 1. The van der Waals surface area contributed by atoms with Crippen molar-refractivity contribution < 1.29 is 37.4 Å². The Morgan fingerprint density at radius 3 is 1.91 bits per heavy atom. The molecule has 0 bridgehead atoms. The van der Waals surface area contributed by atoms with Gasteiger partial charge in [-0.2, -0.15) is 0 Å². The molecular weight excluding hydrogens is 725 g/mol. The number of aromatic nitrogens is 4. The summed E-state index contributed by atoms with van der Waals surface area (Å²) in [5.74, 6) is -1.61. The maximum atomic E-state index is 15.1. The van der Waals surface area contributed by atoms with Gasteiger partial charge in [0.25, 0.3) is 5.91 Å². The van der Waals surface area contributed by atoms with Crippen LogP contribution in [0.1, 0.15) is 34.8 Å². The highest BCUT2D eigenvalue weighted by molar-refractivity contribution is 7.20. The Morgan fingerprint density at radius 1 is 0.759 bits per heavy atom. The summed E-state index contributed by atoms with van der Waals surface area (Å²) in [7, 11) is 6.48. The second-order valence-electron chi connectivity index (χ2n) is 11.8. The number of halogens is 2. The van der Waals surface area contributed by atoms with Gasteiger partial charge in [-0.25, -0.2) is 18.4 Å². The summed E-state index contributed by atoms with van der Waals surface area (Å²) in [6.45, 7) is 1.45. The SMILES string of the molecule is CCCOC(=O)N(Cc1c(F)cccc1F)c1sc(-c2ccc(NC(=O)Nc3ccc(OC)nn3)cc2)c(CN(C)C)c1C(=O)Nc1ccc(OC)nn1. The van der Waals surface area contributed by atoms with Gasteiger partial charge in [-0.1, -0.05) is 25.1 Å². The van der Waals surface area contributed by atoms with Gasteiger partial charge in [0, 0.05) is 34.8 Å². The first kappa shape index (κ1) is 38.9. The molecule has 3 N–H and O–H groups in total. The highest BCUT2D eigenvalue weighted by atomic mass is 32.1. The molecule has 282 valence electrons. The number of carbonyl (C=O) groups is 3. The number of ether oxygens (including phenoxy) is 3. The number of rotatable bonds is 14. The van der Waals surface area contributed by atoms with Crippen LogP contribution in [0.15, 0.2) is 66.7 Å². The van der Waals surface area contributed by atoms with Crippen LogP contribution in [0.25, 0.3) is 10.4 Å². The lowest BCUT2D eigenvalue weighted by Gasteiger charge is -2.23. The highest BCUT2D eigenvalue weighted by Crippen LogP contribution is 2.44. The molecule has 0 unspecified atom stereocenters. The van der Waals surface area contributed by atoms with E-state index >= 15 is 8.78 Å². The van der Waals surface area contributed by atoms with E-state index in [9.17, 15) is 14.4 Å². The highest BCUT2D eigenvalue weighted by Gasteiger charge is 2.33. The fourth-order valence-corrected chi connectivity index (χ4v) is 6.36. The van der Waals surface area contributed by atoms with Crippen molar-refractivity contribution in [2.75, 3.05) is 55.8 Å². The molecule has 3 heterocycles. The van der Waals surface area contributed by atoms with Crippen LogP contribution in [-0.4, -0.2) is 78.2 Å². The lowest BCUT2D eigenvalue weighted by Crippen LogP contribution is -2.33. The van der Waals surface area contributed by atoms with Crippen LogP contribution in [0.3, 0.4) is 0 Å². The number of amides is 4. The second kappa shape index (κ2) is 18.0. The van der Waals surface area contributed by atoms with Crippen molar-refractivity contribution in [1.82, 2.24) is 25.3 Å². The predicted octanol–water partition coefficient (Wildman–Crippen LogP) is 6.80. The van der Waals surface area contributed by atoms with E-state index in [0.717, 1.165) is 28.4 Å². The lowest BCUT2D eigenvalue weighted by atomic mass is 10.0. The van der Waals surface area contributed by atoms with Crippen molar-refractivity contribution in [3.05, 3.63) is 95.1 Å².